The van der Waals surface area contributed by atoms with Crippen molar-refractivity contribution in [3.8, 4) is 11.8 Å². The largest absolute Gasteiger partial charge is 0.399 e. The maximum absolute atomic E-state index is 10.4. The maximum Gasteiger partial charge on any atom is 0.229 e. The molecule has 0 saturated carbocycles. The lowest BCUT2D eigenvalue weighted by Crippen LogP contribution is -2.08. The van der Waals surface area contributed by atoms with Crippen LogP contribution in [-0.2, 0) is 4.79 Å². The molecule has 4 N–H and O–H groups in total. The summed E-state index contributed by atoms with van der Waals surface area (Å²) in [6, 6.07) is 4.99. The SMILES string of the molecule is NC(=O)CC#Cc1cc(N)ccc1Cl. The molecule has 0 aliphatic carbocycles. The van der Waals surface area contributed by atoms with Crippen molar-refractivity contribution >= 4 is 23.2 Å². The quantitative estimate of drug-likeness (QED) is 0.537. The average Bonchev–Trinajstić information content (AvgIpc) is 2.10. The van der Waals surface area contributed by atoms with Crippen LogP contribution in [0.3, 0.4) is 0 Å². The number of hydrogen-bond donors (Lipinski definition) is 2. The van der Waals surface area contributed by atoms with Crippen LogP contribution < -0.4 is 11.5 Å². The van der Waals surface area contributed by atoms with Crippen LogP contribution in [0.15, 0.2) is 18.2 Å². The molecule has 1 amide bonds. The van der Waals surface area contributed by atoms with Crippen LogP contribution in [0.1, 0.15) is 12.0 Å². The number of nitrogen functional groups attached to an aromatic ring is 1. The van der Waals surface area contributed by atoms with Gasteiger partial charge in [-0.3, -0.25) is 4.79 Å². The van der Waals surface area contributed by atoms with E-state index in [0.717, 1.165) is 0 Å². The van der Waals surface area contributed by atoms with Crippen LogP contribution in [0.4, 0.5) is 5.69 Å². The van der Waals surface area contributed by atoms with E-state index in [1.54, 1.807) is 18.2 Å². The Kier molecular flexibility index (Phi) is 3.38. The summed E-state index contributed by atoms with van der Waals surface area (Å²) >= 11 is 5.84. The van der Waals surface area contributed by atoms with E-state index in [1.165, 1.54) is 0 Å². The zero-order valence-corrected chi connectivity index (χ0v) is 8.14. The molecular formula is C10H9ClN2O. The van der Waals surface area contributed by atoms with Crippen molar-refractivity contribution in [3.05, 3.63) is 28.8 Å². The van der Waals surface area contributed by atoms with Gasteiger partial charge in [0.25, 0.3) is 0 Å². The normalized spacial score (nSPS) is 8.93. The lowest BCUT2D eigenvalue weighted by Gasteiger charge is -1.96. The van der Waals surface area contributed by atoms with Crippen LogP contribution in [0.5, 0.6) is 0 Å². The van der Waals surface area contributed by atoms with Gasteiger partial charge in [-0.05, 0) is 18.2 Å². The zero-order valence-electron chi connectivity index (χ0n) is 7.38. The second-order valence-electron chi connectivity index (χ2n) is 2.68. The molecule has 0 spiro atoms. The highest BCUT2D eigenvalue weighted by Crippen LogP contribution is 2.17. The highest BCUT2D eigenvalue weighted by Gasteiger charge is 1.96. The van der Waals surface area contributed by atoms with Gasteiger partial charge in [-0.1, -0.05) is 23.4 Å². The van der Waals surface area contributed by atoms with Gasteiger partial charge in [0.15, 0.2) is 0 Å². The van der Waals surface area contributed by atoms with E-state index in [1.807, 2.05) is 0 Å². The second-order valence-corrected chi connectivity index (χ2v) is 3.09. The van der Waals surface area contributed by atoms with Crippen LogP contribution in [-0.4, -0.2) is 5.91 Å². The molecule has 0 unspecified atom stereocenters. The smallest absolute Gasteiger partial charge is 0.229 e. The van der Waals surface area contributed by atoms with Crippen molar-refractivity contribution in [2.45, 2.75) is 6.42 Å². The van der Waals surface area contributed by atoms with E-state index in [0.29, 0.717) is 16.3 Å². The summed E-state index contributed by atoms with van der Waals surface area (Å²) in [4.78, 5) is 10.4. The Labute approximate surface area is 87.0 Å². The van der Waals surface area contributed by atoms with Crippen LogP contribution in [0, 0.1) is 11.8 Å². The highest BCUT2D eigenvalue weighted by molar-refractivity contribution is 6.31. The number of halogens is 1. The minimum Gasteiger partial charge on any atom is -0.399 e. The molecule has 0 saturated heterocycles. The molecule has 72 valence electrons. The van der Waals surface area contributed by atoms with Gasteiger partial charge in [-0.2, -0.15) is 0 Å². The van der Waals surface area contributed by atoms with Crippen molar-refractivity contribution in [2.75, 3.05) is 5.73 Å². The van der Waals surface area contributed by atoms with Gasteiger partial charge in [0.1, 0.15) is 0 Å². The van der Waals surface area contributed by atoms with Crippen molar-refractivity contribution < 1.29 is 4.79 Å². The Bertz CT molecular complexity index is 418. The maximum atomic E-state index is 10.4. The molecule has 0 aromatic heterocycles. The molecule has 0 bridgehead atoms. The first-order valence-electron chi connectivity index (χ1n) is 3.92. The number of rotatable bonds is 1. The summed E-state index contributed by atoms with van der Waals surface area (Å²) in [5, 5.41) is 0.510. The van der Waals surface area contributed by atoms with Gasteiger partial charge in [0, 0.05) is 11.3 Å². The summed E-state index contributed by atoms with van der Waals surface area (Å²) < 4.78 is 0. The van der Waals surface area contributed by atoms with Crippen molar-refractivity contribution in [3.63, 3.8) is 0 Å². The zero-order chi connectivity index (χ0) is 10.6. The number of hydrogen-bond acceptors (Lipinski definition) is 2. The molecule has 14 heavy (non-hydrogen) atoms. The summed E-state index contributed by atoms with van der Waals surface area (Å²) in [5.41, 5.74) is 11.7. The number of anilines is 1. The first-order chi connectivity index (χ1) is 6.59. The van der Waals surface area contributed by atoms with E-state index in [4.69, 9.17) is 23.1 Å². The summed E-state index contributed by atoms with van der Waals surface area (Å²) in [6.45, 7) is 0. The minimum absolute atomic E-state index is 0.0190. The fourth-order valence-electron chi connectivity index (χ4n) is 0.865. The highest BCUT2D eigenvalue weighted by atomic mass is 35.5. The lowest BCUT2D eigenvalue weighted by atomic mass is 10.2. The van der Waals surface area contributed by atoms with Crippen molar-refractivity contribution in [1.29, 1.82) is 0 Å². The third-order valence-corrected chi connectivity index (χ3v) is 1.81. The number of benzene rings is 1. The summed E-state index contributed by atoms with van der Waals surface area (Å²) in [7, 11) is 0. The van der Waals surface area contributed by atoms with E-state index < -0.39 is 5.91 Å². The Morgan fingerprint density at radius 3 is 2.86 bits per heavy atom. The Morgan fingerprint density at radius 2 is 2.21 bits per heavy atom. The average molecular weight is 209 g/mol. The molecule has 0 atom stereocenters. The molecule has 1 aromatic rings. The van der Waals surface area contributed by atoms with Gasteiger partial charge >= 0.3 is 0 Å². The van der Waals surface area contributed by atoms with Crippen molar-refractivity contribution in [2.24, 2.45) is 5.73 Å². The topological polar surface area (TPSA) is 69.1 Å². The van der Waals surface area contributed by atoms with E-state index in [2.05, 4.69) is 11.8 Å². The van der Waals surface area contributed by atoms with Gasteiger partial charge in [-0.15, -0.1) is 0 Å². The number of carbonyl (C=O) groups excluding carboxylic acids is 1. The van der Waals surface area contributed by atoms with Crippen LogP contribution in [0.25, 0.3) is 0 Å². The molecule has 1 aromatic carbocycles. The monoisotopic (exact) mass is 208 g/mol. The van der Waals surface area contributed by atoms with Crippen LogP contribution >= 0.6 is 11.6 Å². The van der Waals surface area contributed by atoms with Gasteiger partial charge in [0.05, 0.1) is 11.4 Å². The van der Waals surface area contributed by atoms with Gasteiger partial charge < -0.3 is 11.5 Å². The summed E-state index contributed by atoms with van der Waals surface area (Å²) in [5.74, 6) is 4.87. The number of primary amides is 1. The predicted octanol–water partition coefficient (Wildman–Crippen LogP) is 1.15. The van der Waals surface area contributed by atoms with Crippen LogP contribution in [0.2, 0.25) is 5.02 Å². The molecule has 0 aliphatic rings. The molecule has 3 nitrogen and oxygen atoms in total. The van der Waals surface area contributed by atoms with Gasteiger partial charge in [-0.25, -0.2) is 0 Å². The Balaban J connectivity index is 2.88. The number of amides is 1. The third kappa shape index (κ3) is 3.00. The molecule has 0 aliphatic heterocycles. The number of nitrogens with two attached hydrogens (primary N) is 2. The van der Waals surface area contributed by atoms with E-state index in [-0.39, 0.29) is 6.42 Å². The van der Waals surface area contributed by atoms with Crippen molar-refractivity contribution in [1.82, 2.24) is 0 Å². The standard InChI is InChI=1S/C10H9ClN2O/c11-9-5-4-8(12)6-7(9)2-1-3-10(13)14/h4-6H,3,12H2,(H2,13,14). The molecule has 0 radical (unpaired) electrons. The van der Waals surface area contributed by atoms with E-state index in [9.17, 15) is 4.79 Å². The molecule has 1 rings (SSSR count). The minimum atomic E-state index is -0.461. The molecular weight excluding hydrogens is 200 g/mol. The second kappa shape index (κ2) is 4.54. The lowest BCUT2D eigenvalue weighted by molar-refractivity contribution is -0.117. The Hall–Kier alpha value is -1.66. The first-order valence-corrected chi connectivity index (χ1v) is 4.29. The summed E-state index contributed by atoms with van der Waals surface area (Å²) in [6.07, 6.45) is 0.0190. The fourth-order valence-corrected chi connectivity index (χ4v) is 1.03. The Morgan fingerprint density at radius 1 is 1.50 bits per heavy atom. The third-order valence-electron chi connectivity index (χ3n) is 1.48. The molecule has 0 heterocycles. The molecule has 4 heteroatoms. The van der Waals surface area contributed by atoms with Gasteiger partial charge in [0.2, 0.25) is 5.91 Å². The molecule has 0 fully saturated rings. The first kappa shape index (κ1) is 10.4. The fraction of sp³-hybridized carbons (Fsp3) is 0.100. The predicted molar refractivity (Wildman–Crippen MR) is 56.6 cm³/mol. The number of carbonyl (C=O) groups is 1. The van der Waals surface area contributed by atoms with E-state index >= 15 is 0 Å².